The average molecular weight is 267 g/mol. The maximum Gasteiger partial charge on any atom is 0.329 e. The predicted octanol–water partition coefficient (Wildman–Crippen LogP) is 1.55. The van der Waals surface area contributed by atoms with E-state index >= 15 is 0 Å². The number of hydrogen-bond acceptors (Lipinski definition) is 4. The van der Waals surface area contributed by atoms with Gasteiger partial charge in [-0.25, -0.2) is 4.79 Å². The molecule has 2 rings (SSSR count). The second kappa shape index (κ2) is 5.44. The average Bonchev–Trinajstić information content (AvgIpc) is 2.99. The van der Waals surface area contributed by atoms with Gasteiger partial charge in [0, 0.05) is 7.11 Å². The van der Waals surface area contributed by atoms with Crippen molar-refractivity contribution in [1.29, 1.82) is 0 Å². The van der Waals surface area contributed by atoms with E-state index in [0.717, 1.165) is 12.8 Å². The van der Waals surface area contributed by atoms with Crippen LogP contribution in [-0.2, 0) is 16.1 Å². The van der Waals surface area contributed by atoms with Crippen molar-refractivity contribution in [3.05, 3.63) is 23.7 Å². The summed E-state index contributed by atoms with van der Waals surface area (Å²) in [4.78, 5) is 23.4. The Hall–Kier alpha value is -1.82. The Labute approximate surface area is 110 Å². The van der Waals surface area contributed by atoms with Crippen LogP contribution in [0.2, 0.25) is 0 Å². The molecule has 0 aliphatic heterocycles. The van der Waals surface area contributed by atoms with Gasteiger partial charge in [-0.2, -0.15) is 0 Å². The van der Waals surface area contributed by atoms with Crippen LogP contribution in [0.4, 0.5) is 0 Å². The molecule has 104 valence electrons. The van der Waals surface area contributed by atoms with E-state index in [2.05, 4.69) is 5.32 Å². The predicted molar refractivity (Wildman–Crippen MR) is 65.7 cm³/mol. The molecule has 1 aliphatic carbocycles. The highest BCUT2D eigenvalue weighted by molar-refractivity contribution is 5.96. The SMILES string of the molecule is COCc1ccc(C(=O)NC2(C(=O)O)CCCC2)o1. The van der Waals surface area contributed by atoms with Crippen molar-refractivity contribution >= 4 is 11.9 Å². The van der Waals surface area contributed by atoms with E-state index in [9.17, 15) is 14.7 Å². The number of furan rings is 1. The Kier molecular flexibility index (Phi) is 3.90. The molecule has 0 radical (unpaired) electrons. The van der Waals surface area contributed by atoms with Gasteiger partial charge in [0.2, 0.25) is 0 Å². The highest BCUT2D eigenvalue weighted by Gasteiger charge is 2.43. The van der Waals surface area contributed by atoms with Gasteiger partial charge in [0.1, 0.15) is 17.9 Å². The maximum absolute atomic E-state index is 12.0. The van der Waals surface area contributed by atoms with Crippen molar-refractivity contribution in [3.8, 4) is 0 Å². The smallest absolute Gasteiger partial charge is 0.329 e. The third-order valence-corrected chi connectivity index (χ3v) is 3.39. The van der Waals surface area contributed by atoms with Crippen molar-refractivity contribution in [2.75, 3.05) is 7.11 Å². The summed E-state index contributed by atoms with van der Waals surface area (Å²) in [5, 5.41) is 11.9. The largest absolute Gasteiger partial charge is 0.480 e. The summed E-state index contributed by atoms with van der Waals surface area (Å²) in [5.41, 5.74) is -1.15. The van der Waals surface area contributed by atoms with Crippen LogP contribution in [0.25, 0.3) is 0 Å². The lowest BCUT2D eigenvalue weighted by Gasteiger charge is -2.24. The molecule has 1 aromatic rings. The first-order valence-corrected chi connectivity index (χ1v) is 6.21. The minimum absolute atomic E-state index is 0.111. The van der Waals surface area contributed by atoms with Crippen molar-refractivity contribution in [2.24, 2.45) is 0 Å². The number of ether oxygens (including phenoxy) is 1. The summed E-state index contributed by atoms with van der Waals surface area (Å²) in [6, 6.07) is 3.16. The fraction of sp³-hybridized carbons (Fsp3) is 0.538. The number of aliphatic carboxylic acids is 1. The second-order valence-electron chi connectivity index (χ2n) is 4.75. The minimum atomic E-state index is -1.15. The van der Waals surface area contributed by atoms with E-state index in [1.807, 2.05) is 0 Å². The number of amides is 1. The molecule has 1 saturated carbocycles. The molecule has 0 saturated heterocycles. The molecule has 0 aromatic carbocycles. The Balaban J connectivity index is 2.08. The maximum atomic E-state index is 12.0. The van der Waals surface area contributed by atoms with Crippen LogP contribution >= 0.6 is 0 Å². The minimum Gasteiger partial charge on any atom is -0.480 e. The molecule has 6 nitrogen and oxygen atoms in total. The molecule has 6 heteroatoms. The van der Waals surface area contributed by atoms with Crippen LogP contribution in [0.1, 0.15) is 42.0 Å². The fourth-order valence-corrected chi connectivity index (χ4v) is 2.37. The molecule has 0 bridgehead atoms. The number of hydrogen-bond donors (Lipinski definition) is 2. The van der Waals surface area contributed by atoms with Gasteiger partial charge in [-0.05, 0) is 25.0 Å². The van der Waals surface area contributed by atoms with E-state index < -0.39 is 17.4 Å². The van der Waals surface area contributed by atoms with Gasteiger partial charge in [0.05, 0.1) is 0 Å². The summed E-state index contributed by atoms with van der Waals surface area (Å²) < 4.78 is 10.2. The number of carboxylic acid groups (broad SMARTS) is 1. The normalized spacial score (nSPS) is 17.3. The molecule has 0 atom stereocenters. The van der Waals surface area contributed by atoms with Crippen molar-refractivity contribution in [2.45, 2.75) is 37.8 Å². The van der Waals surface area contributed by atoms with Gasteiger partial charge in [-0.15, -0.1) is 0 Å². The van der Waals surface area contributed by atoms with Gasteiger partial charge < -0.3 is 19.6 Å². The zero-order valence-electron chi connectivity index (χ0n) is 10.8. The molecule has 1 aliphatic rings. The quantitative estimate of drug-likeness (QED) is 0.845. The third kappa shape index (κ3) is 2.78. The lowest BCUT2D eigenvalue weighted by molar-refractivity contribution is -0.144. The Morgan fingerprint density at radius 2 is 2.11 bits per heavy atom. The summed E-state index contributed by atoms with van der Waals surface area (Å²) in [5.74, 6) is -0.836. The number of methoxy groups -OCH3 is 1. The van der Waals surface area contributed by atoms with Gasteiger partial charge in [0.25, 0.3) is 5.91 Å². The monoisotopic (exact) mass is 267 g/mol. The zero-order chi connectivity index (χ0) is 13.9. The van der Waals surface area contributed by atoms with Crippen LogP contribution in [0.15, 0.2) is 16.5 Å². The van der Waals surface area contributed by atoms with Crippen LogP contribution in [-0.4, -0.2) is 29.6 Å². The molecule has 1 heterocycles. The molecule has 1 fully saturated rings. The Morgan fingerprint density at radius 1 is 1.42 bits per heavy atom. The first kappa shape index (κ1) is 13.6. The molecular weight excluding hydrogens is 250 g/mol. The lowest BCUT2D eigenvalue weighted by atomic mass is 9.98. The van der Waals surface area contributed by atoms with Crippen molar-refractivity contribution < 1.29 is 23.8 Å². The van der Waals surface area contributed by atoms with Gasteiger partial charge in [0.15, 0.2) is 5.76 Å². The second-order valence-corrected chi connectivity index (χ2v) is 4.75. The molecule has 0 unspecified atom stereocenters. The molecule has 0 spiro atoms. The molecular formula is C13H17NO5. The first-order valence-electron chi connectivity index (χ1n) is 6.21. The summed E-state index contributed by atoms with van der Waals surface area (Å²) in [7, 11) is 1.53. The van der Waals surface area contributed by atoms with Crippen LogP contribution in [0.5, 0.6) is 0 Å². The van der Waals surface area contributed by atoms with Gasteiger partial charge in [-0.3, -0.25) is 4.79 Å². The molecule has 1 amide bonds. The summed E-state index contributed by atoms with van der Waals surface area (Å²) in [6.45, 7) is 0.275. The molecule has 1 aromatic heterocycles. The number of rotatable bonds is 5. The van der Waals surface area contributed by atoms with Crippen LogP contribution < -0.4 is 5.32 Å². The lowest BCUT2D eigenvalue weighted by Crippen LogP contribution is -2.52. The van der Waals surface area contributed by atoms with E-state index in [1.54, 1.807) is 6.07 Å². The van der Waals surface area contributed by atoms with Gasteiger partial charge >= 0.3 is 5.97 Å². The topological polar surface area (TPSA) is 88.8 Å². The van der Waals surface area contributed by atoms with Crippen molar-refractivity contribution in [3.63, 3.8) is 0 Å². The first-order chi connectivity index (χ1) is 9.07. The Bertz CT molecular complexity index is 473. The number of carbonyl (C=O) groups is 2. The molecule has 2 N–H and O–H groups in total. The van der Waals surface area contributed by atoms with Crippen molar-refractivity contribution in [1.82, 2.24) is 5.32 Å². The third-order valence-electron chi connectivity index (χ3n) is 3.39. The van der Waals surface area contributed by atoms with Crippen LogP contribution in [0, 0.1) is 0 Å². The Morgan fingerprint density at radius 3 is 2.68 bits per heavy atom. The standard InChI is InChI=1S/C13H17NO5/c1-18-8-9-4-5-10(19-9)11(15)14-13(12(16)17)6-2-3-7-13/h4-5H,2-3,6-8H2,1H3,(H,14,15)(H,16,17). The summed E-state index contributed by atoms with van der Waals surface area (Å²) in [6.07, 6.45) is 2.53. The highest BCUT2D eigenvalue weighted by atomic mass is 16.5. The number of carboxylic acids is 1. The summed E-state index contributed by atoms with van der Waals surface area (Å²) >= 11 is 0. The van der Waals surface area contributed by atoms with E-state index in [4.69, 9.17) is 9.15 Å². The number of nitrogens with one attached hydrogen (secondary N) is 1. The molecule has 19 heavy (non-hydrogen) atoms. The fourth-order valence-electron chi connectivity index (χ4n) is 2.37. The van der Waals surface area contributed by atoms with Crippen LogP contribution in [0.3, 0.4) is 0 Å². The number of carbonyl (C=O) groups excluding carboxylic acids is 1. The highest BCUT2D eigenvalue weighted by Crippen LogP contribution is 2.30. The van der Waals surface area contributed by atoms with E-state index in [-0.39, 0.29) is 12.4 Å². The van der Waals surface area contributed by atoms with Gasteiger partial charge in [-0.1, -0.05) is 12.8 Å². The zero-order valence-corrected chi connectivity index (χ0v) is 10.8. The van der Waals surface area contributed by atoms with E-state index in [1.165, 1.54) is 13.2 Å². The van der Waals surface area contributed by atoms with E-state index in [0.29, 0.717) is 18.6 Å².